The zero-order valence-electron chi connectivity index (χ0n) is 14.7. The van der Waals surface area contributed by atoms with Crippen molar-refractivity contribution in [1.29, 1.82) is 0 Å². The molecule has 0 saturated carbocycles. The topological polar surface area (TPSA) is 61.4 Å². The second kappa shape index (κ2) is 7.85. The minimum absolute atomic E-state index is 0.0426. The molecule has 0 spiro atoms. The van der Waals surface area contributed by atoms with E-state index >= 15 is 0 Å². The van der Waals surface area contributed by atoms with Crippen LogP contribution < -0.4 is 10.6 Å². The molecule has 0 radical (unpaired) electrons. The second-order valence-corrected chi connectivity index (χ2v) is 6.96. The average molecular weight is 347 g/mol. The summed E-state index contributed by atoms with van der Waals surface area (Å²) in [6.07, 6.45) is 4.14. The molecule has 25 heavy (non-hydrogen) atoms. The van der Waals surface area contributed by atoms with Gasteiger partial charge in [0.1, 0.15) is 5.82 Å². The lowest BCUT2D eigenvalue weighted by Gasteiger charge is -2.33. The highest BCUT2D eigenvalue weighted by molar-refractivity contribution is 5.81. The predicted octanol–water partition coefficient (Wildman–Crippen LogP) is 2.76. The van der Waals surface area contributed by atoms with Crippen molar-refractivity contribution in [1.82, 2.24) is 15.5 Å². The molecule has 3 amide bonds. The van der Waals surface area contributed by atoms with Crippen LogP contribution in [0.25, 0.3) is 0 Å². The van der Waals surface area contributed by atoms with Crippen LogP contribution in [-0.2, 0) is 11.2 Å². The van der Waals surface area contributed by atoms with E-state index in [1.54, 1.807) is 17.0 Å². The highest BCUT2D eigenvalue weighted by Gasteiger charge is 2.31. The quantitative estimate of drug-likeness (QED) is 0.880. The number of likely N-dealkylation sites (tertiary alicyclic amines) is 1. The SMILES string of the molecule is CCCNC(=O)[C@@H]1CCCN(C(=O)N[C@@H]2CCc3cc(F)ccc32)C1. The van der Waals surface area contributed by atoms with Crippen LogP contribution in [-0.4, -0.2) is 36.5 Å². The lowest BCUT2D eigenvalue weighted by molar-refractivity contribution is -0.126. The third-order valence-corrected chi connectivity index (χ3v) is 5.11. The maximum absolute atomic E-state index is 13.3. The highest BCUT2D eigenvalue weighted by atomic mass is 19.1. The fourth-order valence-electron chi connectivity index (χ4n) is 3.74. The molecule has 1 fully saturated rings. The number of fused-ring (bicyclic) bond motifs is 1. The fourth-order valence-corrected chi connectivity index (χ4v) is 3.74. The lowest BCUT2D eigenvalue weighted by atomic mass is 9.97. The number of aryl methyl sites for hydroxylation is 1. The van der Waals surface area contributed by atoms with Gasteiger partial charge in [0.05, 0.1) is 12.0 Å². The smallest absolute Gasteiger partial charge is 0.317 e. The van der Waals surface area contributed by atoms with Gasteiger partial charge in [-0.05, 0) is 55.4 Å². The van der Waals surface area contributed by atoms with Crippen LogP contribution in [0.3, 0.4) is 0 Å². The van der Waals surface area contributed by atoms with Gasteiger partial charge in [0.2, 0.25) is 5.91 Å². The first-order valence-electron chi connectivity index (χ1n) is 9.20. The highest BCUT2D eigenvalue weighted by Crippen LogP contribution is 2.31. The van der Waals surface area contributed by atoms with E-state index in [9.17, 15) is 14.0 Å². The van der Waals surface area contributed by atoms with Crippen molar-refractivity contribution >= 4 is 11.9 Å². The first kappa shape index (κ1) is 17.7. The molecule has 6 heteroatoms. The number of nitrogens with one attached hydrogen (secondary N) is 2. The Balaban J connectivity index is 1.58. The molecule has 1 saturated heterocycles. The van der Waals surface area contributed by atoms with E-state index in [0.717, 1.165) is 43.2 Å². The molecule has 1 heterocycles. The van der Waals surface area contributed by atoms with Crippen molar-refractivity contribution in [3.8, 4) is 0 Å². The van der Waals surface area contributed by atoms with Gasteiger partial charge in [0, 0.05) is 19.6 Å². The Morgan fingerprint density at radius 1 is 1.32 bits per heavy atom. The number of piperidine rings is 1. The van der Waals surface area contributed by atoms with Crippen LogP contribution in [0.15, 0.2) is 18.2 Å². The van der Waals surface area contributed by atoms with E-state index < -0.39 is 0 Å². The van der Waals surface area contributed by atoms with Gasteiger partial charge in [0.15, 0.2) is 0 Å². The number of carbonyl (C=O) groups excluding carboxylic acids is 2. The number of urea groups is 1. The van der Waals surface area contributed by atoms with E-state index in [0.29, 0.717) is 19.6 Å². The van der Waals surface area contributed by atoms with Crippen LogP contribution in [0.5, 0.6) is 0 Å². The van der Waals surface area contributed by atoms with Crippen LogP contribution in [0.4, 0.5) is 9.18 Å². The van der Waals surface area contributed by atoms with Crippen molar-refractivity contribution in [2.24, 2.45) is 5.92 Å². The minimum Gasteiger partial charge on any atom is -0.356 e. The lowest BCUT2D eigenvalue weighted by Crippen LogP contribution is -2.49. The van der Waals surface area contributed by atoms with Crippen molar-refractivity contribution in [2.45, 2.75) is 45.1 Å². The molecule has 1 aromatic carbocycles. The number of halogens is 1. The molecular formula is C19H26FN3O2. The van der Waals surface area contributed by atoms with Crippen LogP contribution >= 0.6 is 0 Å². The number of nitrogens with zero attached hydrogens (tertiary/aromatic N) is 1. The van der Waals surface area contributed by atoms with E-state index in [2.05, 4.69) is 10.6 Å². The van der Waals surface area contributed by atoms with E-state index in [1.165, 1.54) is 6.07 Å². The Morgan fingerprint density at radius 2 is 2.16 bits per heavy atom. The van der Waals surface area contributed by atoms with Crippen molar-refractivity contribution in [3.05, 3.63) is 35.1 Å². The number of hydrogen-bond acceptors (Lipinski definition) is 2. The molecule has 1 aliphatic carbocycles. The fraction of sp³-hybridized carbons (Fsp3) is 0.579. The molecule has 5 nitrogen and oxygen atoms in total. The monoisotopic (exact) mass is 347 g/mol. The van der Waals surface area contributed by atoms with Crippen LogP contribution in [0.1, 0.15) is 49.8 Å². The average Bonchev–Trinajstić information content (AvgIpc) is 3.01. The Kier molecular flexibility index (Phi) is 5.56. The normalized spacial score (nSPS) is 22.4. The summed E-state index contributed by atoms with van der Waals surface area (Å²) in [5, 5.41) is 5.98. The number of amides is 3. The zero-order chi connectivity index (χ0) is 17.8. The Hall–Kier alpha value is -2.11. The summed E-state index contributed by atoms with van der Waals surface area (Å²) in [5.41, 5.74) is 1.98. The van der Waals surface area contributed by atoms with Crippen molar-refractivity contribution < 1.29 is 14.0 Å². The number of hydrogen-bond donors (Lipinski definition) is 2. The largest absolute Gasteiger partial charge is 0.356 e. The number of rotatable bonds is 4. The second-order valence-electron chi connectivity index (χ2n) is 6.96. The third-order valence-electron chi connectivity index (χ3n) is 5.11. The summed E-state index contributed by atoms with van der Waals surface area (Å²) in [4.78, 5) is 26.5. The molecule has 2 N–H and O–H groups in total. The van der Waals surface area contributed by atoms with Crippen LogP contribution in [0, 0.1) is 11.7 Å². The molecule has 0 aromatic heterocycles. The molecule has 2 aliphatic rings. The summed E-state index contributed by atoms with van der Waals surface area (Å²) >= 11 is 0. The molecular weight excluding hydrogens is 321 g/mol. The maximum Gasteiger partial charge on any atom is 0.317 e. The van der Waals surface area contributed by atoms with Crippen LogP contribution in [0.2, 0.25) is 0 Å². The number of benzene rings is 1. The molecule has 1 aliphatic heterocycles. The number of carbonyl (C=O) groups is 2. The molecule has 1 aromatic rings. The Bertz CT molecular complexity index is 650. The molecule has 136 valence electrons. The van der Waals surface area contributed by atoms with Gasteiger partial charge >= 0.3 is 6.03 Å². The summed E-state index contributed by atoms with van der Waals surface area (Å²) in [7, 11) is 0. The molecule has 2 atom stereocenters. The standard InChI is InChI=1S/C19H26FN3O2/c1-2-9-21-18(24)14-4-3-10-23(12-14)19(25)22-17-8-5-13-11-15(20)6-7-16(13)17/h6-7,11,14,17H,2-5,8-10,12H2,1H3,(H,21,24)(H,22,25)/t14-,17-/m1/s1. The predicted molar refractivity (Wildman–Crippen MR) is 93.6 cm³/mol. The van der Waals surface area contributed by atoms with E-state index in [1.807, 2.05) is 6.92 Å². The van der Waals surface area contributed by atoms with Gasteiger partial charge in [-0.15, -0.1) is 0 Å². The molecule has 0 unspecified atom stereocenters. The summed E-state index contributed by atoms with van der Waals surface area (Å²) in [6.45, 7) is 3.83. The Labute approximate surface area is 148 Å². The zero-order valence-corrected chi connectivity index (χ0v) is 14.7. The van der Waals surface area contributed by atoms with Gasteiger partial charge < -0.3 is 15.5 Å². The van der Waals surface area contributed by atoms with Gasteiger partial charge in [0.25, 0.3) is 0 Å². The molecule has 0 bridgehead atoms. The van der Waals surface area contributed by atoms with Gasteiger partial charge in [-0.25, -0.2) is 9.18 Å². The summed E-state index contributed by atoms with van der Waals surface area (Å²) in [5.74, 6) is -0.320. The van der Waals surface area contributed by atoms with E-state index in [-0.39, 0.29) is 29.7 Å². The van der Waals surface area contributed by atoms with Gasteiger partial charge in [-0.3, -0.25) is 4.79 Å². The minimum atomic E-state index is -0.234. The third kappa shape index (κ3) is 4.11. The summed E-state index contributed by atoms with van der Waals surface area (Å²) < 4.78 is 13.3. The summed E-state index contributed by atoms with van der Waals surface area (Å²) in [6, 6.07) is 4.56. The van der Waals surface area contributed by atoms with Crippen molar-refractivity contribution in [3.63, 3.8) is 0 Å². The molecule has 3 rings (SSSR count). The Morgan fingerprint density at radius 3 is 2.96 bits per heavy atom. The first-order chi connectivity index (χ1) is 12.1. The van der Waals surface area contributed by atoms with E-state index in [4.69, 9.17) is 0 Å². The maximum atomic E-state index is 13.3. The first-order valence-corrected chi connectivity index (χ1v) is 9.20. The van der Waals surface area contributed by atoms with Crippen molar-refractivity contribution in [2.75, 3.05) is 19.6 Å². The van der Waals surface area contributed by atoms with Gasteiger partial charge in [-0.1, -0.05) is 13.0 Å². The van der Waals surface area contributed by atoms with Gasteiger partial charge in [-0.2, -0.15) is 0 Å².